The van der Waals surface area contributed by atoms with E-state index in [1.165, 1.54) is 23.8 Å². The Morgan fingerprint density at radius 3 is 2.84 bits per heavy atom. The Balaban J connectivity index is 1.78. The van der Waals surface area contributed by atoms with Gasteiger partial charge in [-0.25, -0.2) is 9.78 Å². The van der Waals surface area contributed by atoms with Crippen LogP contribution in [0.4, 0.5) is 0 Å². The zero-order valence-electron chi connectivity index (χ0n) is 14.5. The van der Waals surface area contributed by atoms with Crippen LogP contribution in [0.3, 0.4) is 0 Å². The molecule has 7 heteroatoms. The molecule has 0 aromatic carbocycles. The molecule has 0 aliphatic heterocycles. The first-order valence-corrected chi connectivity index (χ1v) is 10.1. The van der Waals surface area contributed by atoms with Crippen LogP contribution in [0.25, 0.3) is 0 Å². The van der Waals surface area contributed by atoms with E-state index in [0.29, 0.717) is 18.3 Å². The molecule has 6 nitrogen and oxygen atoms in total. The van der Waals surface area contributed by atoms with Crippen LogP contribution in [0.1, 0.15) is 44.9 Å². The third-order valence-corrected chi connectivity index (χ3v) is 7.82. The molecule has 0 saturated heterocycles. The van der Waals surface area contributed by atoms with Gasteiger partial charge in [-0.2, -0.15) is 0 Å². The van der Waals surface area contributed by atoms with E-state index < -0.39 is 11.3 Å². The van der Waals surface area contributed by atoms with Crippen LogP contribution in [0, 0.1) is 11.8 Å². The smallest absolute Gasteiger partial charge is 0.171 e. The Bertz CT molecular complexity index is 664. The van der Waals surface area contributed by atoms with Crippen molar-refractivity contribution in [3.8, 4) is 0 Å². The van der Waals surface area contributed by atoms with Gasteiger partial charge in [0.1, 0.15) is 0 Å². The number of hydrogen-bond acceptors (Lipinski definition) is 6. The van der Waals surface area contributed by atoms with Gasteiger partial charge in [0, 0.05) is 35.3 Å². The first-order chi connectivity index (χ1) is 12.0. The SMILES string of the molecule is COO[C@@]1(N)CCC2C3CCC4=CC(=O)CCC4=C3[C@@H](N)CC21NI. The van der Waals surface area contributed by atoms with Crippen LogP contribution in [0.2, 0.25) is 0 Å². The van der Waals surface area contributed by atoms with E-state index >= 15 is 0 Å². The summed E-state index contributed by atoms with van der Waals surface area (Å²) in [6, 6.07) is -0.0723. The third-order valence-electron chi connectivity index (χ3n) is 6.86. The van der Waals surface area contributed by atoms with Gasteiger partial charge in [0.15, 0.2) is 11.5 Å². The lowest BCUT2D eigenvalue weighted by molar-refractivity contribution is -0.358. The second-order valence-electron chi connectivity index (χ2n) is 7.88. The van der Waals surface area contributed by atoms with E-state index in [-0.39, 0.29) is 11.8 Å². The first-order valence-electron chi connectivity index (χ1n) is 9.06. The van der Waals surface area contributed by atoms with Gasteiger partial charge in [0.2, 0.25) is 0 Å². The van der Waals surface area contributed by atoms with Crippen molar-refractivity contribution in [1.29, 1.82) is 0 Å². The summed E-state index contributed by atoms with van der Waals surface area (Å²) >= 11 is 2.20. The molecule has 2 saturated carbocycles. The number of allylic oxidation sites excluding steroid dienone is 3. The fourth-order valence-electron chi connectivity index (χ4n) is 5.85. The highest BCUT2D eigenvalue weighted by atomic mass is 127. The minimum atomic E-state index is -0.875. The summed E-state index contributed by atoms with van der Waals surface area (Å²) in [5.74, 6) is 1.02. The highest BCUT2D eigenvalue weighted by Crippen LogP contribution is 2.58. The van der Waals surface area contributed by atoms with E-state index in [0.717, 1.165) is 38.5 Å². The average molecular weight is 459 g/mol. The molecule has 0 aromatic heterocycles. The summed E-state index contributed by atoms with van der Waals surface area (Å²) in [6.07, 6.45) is 7.73. The summed E-state index contributed by atoms with van der Waals surface area (Å²) < 4.78 is 3.47. The summed E-state index contributed by atoms with van der Waals surface area (Å²) in [7, 11) is 1.51. The lowest BCUT2D eigenvalue weighted by atomic mass is 9.58. The molecule has 4 aliphatic rings. The monoisotopic (exact) mass is 459 g/mol. The van der Waals surface area contributed by atoms with Crippen molar-refractivity contribution in [3.63, 3.8) is 0 Å². The second-order valence-corrected chi connectivity index (χ2v) is 8.42. The third kappa shape index (κ3) is 2.50. The summed E-state index contributed by atoms with van der Waals surface area (Å²) in [5.41, 5.74) is 16.0. The lowest BCUT2D eigenvalue weighted by Gasteiger charge is -2.54. The van der Waals surface area contributed by atoms with E-state index in [1.807, 2.05) is 6.08 Å². The van der Waals surface area contributed by atoms with Gasteiger partial charge in [-0.1, -0.05) is 0 Å². The van der Waals surface area contributed by atoms with E-state index in [1.54, 1.807) is 0 Å². The van der Waals surface area contributed by atoms with Crippen LogP contribution >= 0.6 is 22.9 Å². The molecule has 0 radical (unpaired) electrons. The minimum absolute atomic E-state index is 0.0723. The normalized spacial score (nSPS) is 43.4. The molecule has 0 bridgehead atoms. The van der Waals surface area contributed by atoms with Crippen molar-refractivity contribution in [3.05, 3.63) is 22.8 Å². The molecule has 4 rings (SSSR count). The maximum Gasteiger partial charge on any atom is 0.171 e. The molecule has 25 heavy (non-hydrogen) atoms. The van der Waals surface area contributed by atoms with Crippen molar-refractivity contribution < 1.29 is 14.6 Å². The van der Waals surface area contributed by atoms with Gasteiger partial charge >= 0.3 is 0 Å². The molecule has 138 valence electrons. The van der Waals surface area contributed by atoms with Crippen LogP contribution in [0.5, 0.6) is 0 Å². The van der Waals surface area contributed by atoms with Crippen molar-refractivity contribution in [2.75, 3.05) is 7.11 Å². The predicted molar refractivity (Wildman–Crippen MR) is 102 cm³/mol. The number of ketones is 1. The van der Waals surface area contributed by atoms with Crippen LogP contribution in [-0.2, 0) is 14.6 Å². The van der Waals surface area contributed by atoms with Crippen molar-refractivity contribution >= 4 is 28.6 Å². The molecule has 4 aliphatic carbocycles. The number of carbonyl (C=O) groups excluding carboxylic acids is 1. The highest BCUT2D eigenvalue weighted by molar-refractivity contribution is 14.1. The van der Waals surface area contributed by atoms with Crippen LogP contribution in [-0.4, -0.2) is 30.2 Å². The lowest BCUT2D eigenvalue weighted by Crippen LogP contribution is -2.70. The predicted octanol–water partition coefficient (Wildman–Crippen LogP) is 2.03. The van der Waals surface area contributed by atoms with Gasteiger partial charge in [-0.05, 0) is 73.2 Å². The Hall–Kier alpha value is -0.320. The molecule has 0 heterocycles. The molecule has 2 fully saturated rings. The number of nitrogens with two attached hydrogens (primary N) is 2. The zero-order valence-corrected chi connectivity index (χ0v) is 16.7. The number of nitrogens with one attached hydrogen (secondary N) is 1. The molecular formula is C18H26IN3O3. The van der Waals surface area contributed by atoms with Gasteiger partial charge in [-0.15, -0.1) is 0 Å². The molecule has 0 aromatic rings. The van der Waals surface area contributed by atoms with Crippen molar-refractivity contribution in [1.82, 2.24) is 3.53 Å². The number of hydrogen-bond donors (Lipinski definition) is 3. The molecule has 5 atom stereocenters. The number of fused-ring (bicyclic) bond motifs is 4. The van der Waals surface area contributed by atoms with E-state index in [9.17, 15) is 4.79 Å². The van der Waals surface area contributed by atoms with Crippen molar-refractivity contribution in [2.45, 2.75) is 62.3 Å². The fraction of sp³-hybridized carbons (Fsp3) is 0.722. The number of halogens is 1. The maximum absolute atomic E-state index is 11.8. The van der Waals surface area contributed by atoms with Crippen LogP contribution in [0.15, 0.2) is 22.8 Å². The Morgan fingerprint density at radius 2 is 2.12 bits per heavy atom. The topological polar surface area (TPSA) is 99.6 Å². The Labute approximate surface area is 162 Å². The zero-order chi connectivity index (χ0) is 17.8. The number of rotatable bonds is 3. The molecular weight excluding hydrogens is 433 g/mol. The Kier molecular flexibility index (Phi) is 4.61. The highest BCUT2D eigenvalue weighted by Gasteiger charge is 2.65. The summed E-state index contributed by atoms with van der Waals surface area (Å²) in [6.45, 7) is 0. The van der Waals surface area contributed by atoms with Gasteiger partial charge in [0.25, 0.3) is 0 Å². The fourth-order valence-corrected chi connectivity index (χ4v) is 6.93. The van der Waals surface area contributed by atoms with Crippen molar-refractivity contribution in [2.24, 2.45) is 23.3 Å². The van der Waals surface area contributed by atoms with Gasteiger partial charge in [-0.3, -0.25) is 14.1 Å². The van der Waals surface area contributed by atoms with Crippen LogP contribution < -0.4 is 15.0 Å². The quantitative estimate of drug-likeness (QED) is 0.197. The molecule has 5 N–H and O–H groups in total. The first kappa shape index (κ1) is 18.1. The molecule has 0 spiro atoms. The summed E-state index contributed by atoms with van der Waals surface area (Å²) in [4.78, 5) is 22.4. The number of carbonyl (C=O) groups is 1. The summed E-state index contributed by atoms with van der Waals surface area (Å²) in [5, 5.41) is 0. The molecule has 0 amide bonds. The largest absolute Gasteiger partial charge is 0.324 e. The standard InChI is InChI=1S/C18H26IN3O3/c1-24-25-18(21)7-6-14-13-4-2-10-8-11(23)3-5-12(10)16(13)15(20)9-17(14,18)22-19/h8,13-15,22H,2-7,9,20-21H2,1H3/t13?,14?,15-,17?,18-/m0/s1. The van der Waals surface area contributed by atoms with Gasteiger partial charge in [0.05, 0.1) is 12.6 Å². The minimum Gasteiger partial charge on any atom is -0.324 e. The van der Waals surface area contributed by atoms with E-state index in [4.69, 9.17) is 21.2 Å². The van der Waals surface area contributed by atoms with Gasteiger partial charge < -0.3 is 5.73 Å². The average Bonchev–Trinajstić information content (AvgIpc) is 2.87. The van der Waals surface area contributed by atoms with E-state index in [2.05, 4.69) is 26.4 Å². The molecule has 3 unspecified atom stereocenters. The Morgan fingerprint density at radius 1 is 1.32 bits per heavy atom. The maximum atomic E-state index is 11.8. The second kappa shape index (κ2) is 6.38.